The summed E-state index contributed by atoms with van der Waals surface area (Å²) in [7, 11) is 0. The topological polar surface area (TPSA) is 92.7 Å². The fourth-order valence-corrected chi connectivity index (χ4v) is 3.74. The van der Waals surface area contributed by atoms with Gasteiger partial charge in [0.2, 0.25) is 5.91 Å². The van der Waals surface area contributed by atoms with E-state index < -0.39 is 0 Å². The van der Waals surface area contributed by atoms with Crippen LogP contribution in [0.4, 0.5) is 5.82 Å². The number of nitrogens with zero attached hydrogens (tertiary/aromatic N) is 6. The van der Waals surface area contributed by atoms with Crippen molar-refractivity contribution in [1.29, 1.82) is 0 Å². The minimum absolute atomic E-state index is 0.0192. The predicted octanol–water partition coefficient (Wildman–Crippen LogP) is 0.209. The van der Waals surface area contributed by atoms with Crippen molar-refractivity contribution in [2.45, 2.75) is 32.2 Å². The van der Waals surface area contributed by atoms with Gasteiger partial charge >= 0.3 is 0 Å². The van der Waals surface area contributed by atoms with Gasteiger partial charge in [0.15, 0.2) is 11.5 Å². The highest BCUT2D eigenvalue weighted by molar-refractivity contribution is 5.80. The minimum atomic E-state index is 0.0192. The predicted molar refractivity (Wildman–Crippen MR) is 89.6 cm³/mol. The van der Waals surface area contributed by atoms with E-state index >= 15 is 0 Å². The Morgan fingerprint density at radius 1 is 1.17 bits per heavy atom. The third-order valence-electron chi connectivity index (χ3n) is 5.21. The molecule has 2 atom stereocenters. The average molecular weight is 329 g/mol. The second kappa shape index (κ2) is 6.01. The fourth-order valence-electron chi connectivity index (χ4n) is 3.74. The van der Waals surface area contributed by atoms with E-state index in [2.05, 4.69) is 20.2 Å². The van der Waals surface area contributed by atoms with Crippen molar-refractivity contribution in [1.82, 2.24) is 24.7 Å². The Balaban J connectivity index is 1.43. The number of hydrogen-bond donors (Lipinski definition) is 1. The molecule has 2 N–H and O–H groups in total. The van der Waals surface area contributed by atoms with Crippen LogP contribution >= 0.6 is 0 Å². The standard InChI is InChI=1S/C16H23N7O/c1-11-18-19-14-5-6-15(20-23(11)14)21-7-9-22(10-8-21)16(24)12-3-2-4-13(12)17/h5-6,12-13H,2-4,7-10,17H2,1H3/t12-,13+/m1/s1. The Morgan fingerprint density at radius 3 is 2.67 bits per heavy atom. The van der Waals surface area contributed by atoms with Gasteiger partial charge in [-0.2, -0.15) is 4.52 Å². The number of aromatic nitrogens is 4. The van der Waals surface area contributed by atoms with Crippen LogP contribution in [0.3, 0.4) is 0 Å². The Morgan fingerprint density at radius 2 is 1.96 bits per heavy atom. The van der Waals surface area contributed by atoms with Crippen molar-refractivity contribution in [3.63, 3.8) is 0 Å². The molecular weight excluding hydrogens is 306 g/mol. The van der Waals surface area contributed by atoms with E-state index in [0.29, 0.717) is 0 Å². The van der Waals surface area contributed by atoms with Crippen LogP contribution < -0.4 is 10.6 Å². The molecule has 0 unspecified atom stereocenters. The van der Waals surface area contributed by atoms with Crippen LogP contribution in [0.15, 0.2) is 12.1 Å². The second-order valence-corrected chi connectivity index (χ2v) is 6.72. The van der Waals surface area contributed by atoms with Crippen LogP contribution in [0.25, 0.3) is 5.65 Å². The summed E-state index contributed by atoms with van der Waals surface area (Å²) in [6.45, 7) is 4.91. The Hall–Kier alpha value is -2.22. The lowest BCUT2D eigenvalue weighted by Crippen LogP contribution is -2.52. The van der Waals surface area contributed by atoms with Crippen molar-refractivity contribution in [3.8, 4) is 0 Å². The molecule has 0 aromatic carbocycles. The summed E-state index contributed by atoms with van der Waals surface area (Å²) in [6.07, 6.45) is 2.98. The highest BCUT2D eigenvalue weighted by Gasteiger charge is 2.34. The summed E-state index contributed by atoms with van der Waals surface area (Å²) in [5.74, 6) is 1.93. The first-order chi connectivity index (χ1) is 11.6. The lowest BCUT2D eigenvalue weighted by Gasteiger charge is -2.37. The van der Waals surface area contributed by atoms with Crippen molar-refractivity contribution >= 4 is 17.4 Å². The normalized spacial score (nSPS) is 24.8. The molecule has 1 aliphatic heterocycles. The van der Waals surface area contributed by atoms with Gasteiger partial charge < -0.3 is 15.5 Å². The zero-order valence-electron chi connectivity index (χ0n) is 13.9. The van der Waals surface area contributed by atoms with Gasteiger partial charge in [-0.25, -0.2) is 0 Å². The molecule has 1 saturated heterocycles. The molecule has 0 radical (unpaired) electrons. The molecule has 0 bridgehead atoms. The van der Waals surface area contributed by atoms with Crippen LogP contribution in [0.1, 0.15) is 25.1 Å². The summed E-state index contributed by atoms with van der Waals surface area (Å²) >= 11 is 0. The maximum absolute atomic E-state index is 12.6. The third-order valence-corrected chi connectivity index (χ3v) is 5.21. The monoisotopic (exact) mass is 329 g/mol. The quantitative estimate of drug-likeness (QED) is 0.847. The van der Waals surface area contributed by atoms with Crippen molar-refractivity contribution in [3.05, 3.63) is 18.0 Å². The first-order valence-corrected chi connectivity index (χ1v) is 8.62. The van der Waals surface area contributed by atoms with Gasteiger partial charge in [0.1, 0.15) is 5.82 Å². The molecule has 3 heterocycles. The SMILES string of the molecule is Cc1nnc2ccc(N3CCN(C(=O)[C@@H]4CCC[C@@H]4N)CC3)nn12. The summed E-state index contributed by atoms with van der Waals surface area (Å²) < 4.78 is 1.75. The lowest BCUT2D eigenvalue weighted by molar-refractivity contribution is -0.136. The molecule has 2 aliphatic rings. The Kier molecular flexibility index (Phi) is 3.84. The molecular formula is C16H23N7O. The minimum Gasteiger partial charge on any atom is -0.352 e. The van der Waals surface area contributed by atoms with Gasteiger partial charge in [0.25, 0.3) is 0 Å². The average Bonchev–Trinajstić information content (AvgIpc) is 3.20. The van der Waals surface area contributed by atoms with E-state index in [1.807, 2.05) is 24.0 Å². The number of nitrogens with two attached hydrogens (primary N) is 1. The van der Waals surface area contributed by atoms with Crippen LogP contribution in [0.2, 0.25) is 0 Å². The number of aryl methyl sites for hydroxylation is 1. The van der Waals surface area contributed by atoms with Crippen LogP contribution in [-0.4, -0.2) is 62.8 Å². The second-order valence-electron chi connectivity index (χ2n) is 6.72. The van der Waals surface area contributed by atoms with Gasteiger partial charge in [-0.15, -0.1) is 15.3 Å². The molecule has 128 valence electrons. The van der Waals surface area contributed by atoms with Gasteiger partial charge in [0.05, 0.1) is 5.92 Å². The van der Waals surface area contributed by atoms with E-state index in [-0.39, 0.29) is 17.9 Å². The smallest absolute Gasteiger partial charge is 0.227 e. The van der Waals surface area contributed by atoms with E-state index in [9.17, 15) is 4.79 Å². The Bertz CT molecular complexity index is 750. The number of rotatable bonds is 2. The molecule has 2 aromatic heterocycles. The molecule has 8 nitrogen and oxygen atoms in total. The number of carbonyl (C=O) groups excluding carboxylic acids is 1. The van der Waals surface area contributed by atoms with Crippen LogP contribution in [0, 0.1) is 12.8 Å². The number of amides is 1. The molecule has 1 aliphatic carbocycles. The number of piperazine rings is 1. The van der Waals surface area contributed by atoms with E-state index in [1.54, 1.807) is 4.52 Å². The molecule has 4 rings (SSSR count). The number of hydrogen-bond acceptors (Lipinski definition) is 6. The number of anilines is 1. The summed E-state index contributed by atoms with van der Waals surface area (Å²) in [6, 6.07) is 3.93. The highest BCUT2D eigenvalue weighted by Crippen LogP contribution is 2.26. The van der Waals surface area contributed by atoms with Crippen molar-refractivity contribution in [2.24, 2.45) is 11.7 Å². The van der Waals surface area contributed by atoms with Crippen molar-refractivity contribution in [2.75, 3.05) is 31.1 Å². The molecule has 2 aromatic rings. The van der Waals surface area contributed by atoms with Crippen molar-refractivity contribution < 1.29 is 4.79 Å². The summed E-state index contributed by atoms with van der Waals surface area (Å²) in [5.41, 5.74) is 6.83. The van der Waals surface area contributed by atoms with Gasteiger partial charge in [0, 0.05) is 32.2 Å². The molecule has 2 fully saturated rings. The largest absolute Gasteiger partial charge is 0.352 e. The zero-order chi connectivity index (χ0) is 16.7. The van der Waals surface area contributed by atoms with Gasteiger partial charge in [-0.05, 0) is 31.9 Å². The third kappa shape index (κ3) is 2.60. The van der Waals surface area contributed by atoms with Gasteiger partial charge in [-0.3, -0.25) is 4.79 Å². The molecule has 24 heavy (non-hydrogen) atoms. The maximum Gasteiger partial charge on any atom is 0.227 e. The number of carbonyl (C=O) groups is 1. The molecule has 0 spiro atoms. The number of fused-ring (bicyclic) bond motifs is 1. The lowest BCUT2D eigenvalue weighted by atomic mass is 10.0. The van der Waals surface area contributed by atoms with E-state index in [0.717, 1.165) is 62.7 Å². The summed E-state index contributed by atoms with van der Waals surface area (Å²) in [4.78, 5) is 16.8. The first kappa shape index (κ1) is 15.3. The zero-order valence-corrected chi connectivity index (χ0v) is 13.9. The molecule has 8 heteroatoms. The van der Waals surface area contributed by atoms with E-state index in [1.165, 1.54) is 0 Å². The fraction of sp³-hybridized carbons (Fsp3) is 0.625. The van der Waals surface area contributed by atoms with E-state index in [4.69, 9.17) is 5.73 Å². The Labute approximate surface area is 140 Å². The van der Waals surface area contributed by atoms with Gasteiger partial charge in [-0.1, -0.05) is 6.42 Å². The highest BCUT2D eigenvalue weighted by atomic mass is 16.2. The van der Waals surface area contributed by atoms with Crippen LogP contribution in [-0.2, 0) is 4.79 Å². The molecule has 1 amide bonds. The summed E-state index contributed by atoms with van der Waals surface area (Å²) in [5, 5.41) is 12.7. The van der Waals surface area contributed by atoms with Crippen LogP contribution in [0.5, 0.6) is 0 Å². The first-order valence-electron chi connectivity index (χ1n) is 8.62. The maximum atomic E-state index is 12.6. The molecule has 1 saturated carbocycles.